The first-order chi connectivity index (χ1) is 15.5. The largest absolute Gasteiger partial charge is 0.496 e. The van der Waals surface area contributed by atoms with Crippen molar-refractivity contribution in [3.05, 3.63) is 80.7 Å². The van der Waals surface area contributed by atoms with Crippen molar-refractivity contribution in [2.75, 3.05) is 18.2 Å². The Morgan fingerprint density at radius 1 is 1.28 bits per heavy atom. The van der Waals surface area contributed by atoms with Crippen molar-refractivity contribution >= 4 is 56.5 Å². The van der Waals surface area contributed by atoms with Gasteiger partial charge in [0.05, 0.1) is 35.6 Å². The molecule has 164 valence electrons. The van der Waals surface area contributed by atoms with Crippen LogP contribution in [-0.2, 0) is 11.3 Å². The zero-order chi connectivity index (χ0) is 22.7. The van der Waals surface area contributed by atoms with Crippen LogP contribution in [0.4, 0.5) is 10.1 Å². The minimum Gasteiger partial charge on any atom is -0.496 e. The highest BCUT2D eigenvalue weighted by Crippen LogP contribution is 2.26. The maximum Gasteiger partial charge on any atom is 0.272 e. The van der Waals surface area contributed by atoms with Crippen LogP contribution in [0, 0.1) is 5.82 Å². The molecule has 0 atom stereocenters. The van der Waals surface area contributed by atoms with Crippen molar-refractivity contribution in [2.45, 2.75) is 11.7 Å². The van der Waals surface area contributed by atoms with Gasteiger partial charge in [-0.05, 0) is 35.7 Å². The van der Waals surface area contributed by atoms with Crippen molar-refractivity contribution in [3.8, 4) is 5.75 Å². The molecule has 4 rings (SSSR count). The van der Waals surface area contributed by atoms with Gasteiger partial charge in [-0.2, -0.15) is 0 Å². The molecule has 0 aliphatic carbocycles. The van der Waals surface area contributed by atoms with Crippen LogP contribution in [0.15, 0.2) is 63.9 Å². The Morgan fingerprint density at radius 2 is 2.09 bits per heavy atom. The maximum absolute atomic E-state index is 13.2. The Labute approximate surface area is 196 Å². The molecule has 4 aromatic rings. The number of thioether (sulfide) groups is 1. The number of para-hydroxylation sites is 1. The van der Waals surface area contributed by atoms with Gasteiger partial charge in [-0.25, -0.2) is 9.37 Å². The summed E-state index contributed by atoms with van der Waals surface area (Å²) in [4.78, 5) is 30.2. The summed E-state index contributed by atoms with van der Waals surface area (Å²) in [6.07, 6.45) is 0. The molecule has 0 aliphatic rings. The SMILES string of the molecule is COc1ccccc1Cn1c(SCC(=O)Nc2ccc(F)cc2Cl)nc2ccsc2c1=O. The van der Waals surface area contributed by atoms with E-state index in [4.69, 9.17) is 16.3 Å². The molecule has 0 saturated heterocycles. The Morgan fingerprint density at radius 3 is 2.88 bits per heavy atom. The number of methoxy groups -OCH3 is 1. The molecule has 0 saturated carbocycles. The van der Waals surface area contributed by atoms with E-state index in [1.54, 1.807) is 17.7 Å². The maximum atomic E-state index is 13.2. The van der Waals surface area contributed by atoms with Gasteiger partial charge in [-0.3, -0.25) is 14.2 Å². The highest BCUT2D eigenvalue weighted by atomic mass is 35.5. The van der Waals surface area contributed by atoms with E-state index in [0.29, 0.717) is 26.8 Å². The van der Waals surface area contributed by atoms with E-state index in [9.17, 15) is 14.0 Å². The van der Waals surface area contributed by atoms with Gasteiger partial charge >= 0.3 is 0 Å². The van der Waals surface area contributed by atoms with Crippen molar-refractivity contribution in [1.29, 1.82) is 0 Å². The first kappa shape index (κ1) is 22.3. The molecule has 2 aromatic heterocycles. The number of carbonyl (C=O) groups is 1. The van der Waals surface area contributed by atoms with Crippen molar-refractivity contribution < 1.29 is 13.9 Å². The van der Waals surface area contributed by atoms with Gasteiger partial charge in [0.15, 0.2) is 5.16 Å². The van der Waals surface area contributed by atoms with E-state index in [1.165, 1.54) is 23.5 Å². The number of hydrogen-bond donors (Lipinski definition) is 1. The number of rotatable bonds is 7. The third-order valence-corrected chi connectivity index (χ3v) is 6.77. The van der Waals surface area contributed by atoms with Gasteiger partial charge in [0.25, 0.3) is 5.56 Å². The zero-order valence-corrected chi connectivity index (χ0v) is 19.2. The number of amides is 1. The molecule has 1 amide bonds. The lowest BCUT2D eigenvalue weighted by Crippen LogP contribution is -2.24. The number of benzene rings is 2. The third kappa shape index (κ3) is 4.79. The minimum atomic E-state index is -0.490. The highest BCUT2D eigenvalue weighted by molar-refractivity contribution is 7.99. The van der Waals surface area contributed by atoms with Gasteiger partial charge in [0, 0.05) is 5.56 Å². The smallest absolute Gasteiger partial charge is 0.272 e. The normalized spacial score (nSPS) is 11.0. The predicted molar refractivity (Wildman–Crippen MR) is 127 cm³/mol. The van der Waals surface area contributed by atoms with Gasteiger partial charge in [-0.1, -0.05) is 41.6 Å². The van der Waals surface area contributed by atoms with E-state index in [1.807, 2.05) is 29.6 Å². The lowest BCUT2D eigenvalue weighted by Gasteiger charge is -2.14. The Kier molecular flexibility index (Phi) is 6.78. The summed E-state index contributed by atoms with van der Waals surface area (Å²) in [5.41, 5.74) is 1.53. The molecular formula is C22H17ClFN3O3S2. The van der Waals surface area contributed by atoms with Crippen LogP contribution in [0.1, 0.15) is 5.56 Å². The topological polar surface area (TPSA) is 73.2 Å². The number of aromatic nitrogens is 2. The molecule has 2 aromatic carbocycles. The molecule has 0 spiro atoms. The van der Waals surface area contributed by atoms with Crippen LogP contribution in [-0.4, -0.2) is 28.3 Å². The number of fused-ring (bicyclic) bond motifs is 1. The van der Waals surface area contributed by atoms with E-state index in [2.05, 4.69) is 10.3 Å². The average Bonchev–Trinajstić information content (AvgIpc) is 3.25. The average molecular weight is 490 g/mol. The monoisotopic (exact) mass is 489 g/mol. The number of carbonyl (C=O) groups excluding carboxylic acids is 1. The van der Waals surface area contributed by atoms with Gasteiger partial charge < -0.3 is 10.1 Å². The predicted octanol–water partition coefficient (Wildman–Crippen LogP) is 5.04. The van der Waals surface area contributed by atoms with Crippen LogP contribution in [0.25, 0.3) is 10.2 Å². The molecule has 1 N–H and O–H groups in total. The Bertz CT molecular complexity index is 1360. The quantitative estimate of drug-likeness (QED) is 0.291. The molecule has 10 heteroatoms. The lowest BCUT2D eigenvalue weighted by molar-refractivity contribution is -0.113. The van der Waals surface area contributed by atoms with Crippen LogP contribution >= 0.6 is 34.7 Å². The summed E-state index contributed by atoms with van der Waals surface area (Å²) >= 11 is 8.44. The number of hydrogen-bond acceptors (Lipinski definition) is 6. The van der Waals surface area contributed by atoms with E-state index in [0.717, 1.165) is 23.4 Å². The Hall–Kier alpha value is -2.88. The molecule has 2 heterocycles. The fourth-order valence-corrected chi connectivity index (χ4v) is 4.88. The molecular weight excluding hydrogens is 473 g/mol. The van der Waals surface area contributed by atoms with Crippen LogP contribution in [0.3, 0.4) is 0 Å². The van der Waals surface area contributed by atoms with Gasteiger partial charge in [0.1, 0.15) is 16.3 Å². The second-order valence-corrected chi connectivity index (χ2v) is 8.96. The number of ether oxygens (including phenoxy) is 1. The summed E-state index contributed by atoms with van der Waals surface area (Å²) in [7, 11) is 1.57. The molecule has 0 aliphatic heterocycles. The fourth-order valence-electron chi connectivity index (χ4n) is 3.08. The summed E-state index contributed by atoms with van der Waals surface area (Å²) < 4.78 is 20.7. The van der Waals surface area contributed by atoms with E-state index >= 15 is 0 Å². The number of anilines is 1. The van der Waals surface area contributed by atoms with Crippen LogP contribution in [0.2, 0.25) is 5.02 Å². The van der Waals surface area contributed by atoms with Crippen molar-refractivity contribution in [2.24, 2.45) is 0 Å². The molecule has 32 heavy (non-hydrogen) atoms. The van der Waals surface area contributed by atoms with E-state index in [-0.39, 0.29) is 28.8 Å². The number of nitrogens with one attached hydrogen (secondary N) is 1. The third-order valence-electron chi connectivity index (χ3n) is 4.59. The second-order valence-electron chi connectivity index (χ2n) is 6.69. The van der Waals surface area contributed by atoms with Gasteiger partial charge in [0.2, 0.25) is 5.91 Å². The second kappa shape index (κ2) is 9.72. The molecule has 0 unspecified atom stereocenters. The van der Waals surface area contributed by atoms with Crippen molar-refractivity contribution in [1.82, 2.24) is 9.55 Å². The molecule has 6 nitrogen and oxygen atoms in total. The number of halogens is 2. The fraction of sp³-hybridized carbons (Fsp3) is 0.136. The van der Waals surface area contributed by atoms with Crippen molar-refractivity contribution in [3.63, 3.8) is 0 Å². The molecule has 0 radical (unpaired) electrons. The first-order valence-corrected chi connectivity index (χ1v) is 11.7. The Balaban J connectivity index is 1.60. The summed E-state index contributed by atoms with van der Waals surface area (Å²) in [6.45, 7) is 0.247. The number of nitrogens with zero attached hydrogens (tertiary/aromatic N) is 2. The molecule has 0 fully saturated rings. The zero-order valence-electron chi connectivity index (χ0n) is 16.8. The summed E-state index contributed by atoms with van der Waals surface area (Å²) in [5, 5.41) is 4.98. The molecule has 0 bridgehead atoms. The first-order valence-electron chi connectivity index (χ1n) is 9.44. The summed E-state index contributed by atoms with van der Waals surface area (Å²) in [5.74, 6) is -0.199. The number of thiophene rings is 1. The van der Waals surface area contributed by atoms with E-state index < -0.39 is 5.82 Å². The lowest BCUT2D eigenvalue weighted by atomic mass is 10.2. The van der Waals surface area contributed by atoms with Gasteiger partial charge in [-0.15, -0.1) is 11.3 Å². The standard InChI is InChI=1S/C22H17ClFN3O3S2/c1-30-18-5-3-2-4-13(18)11-27-21(29)20-17(8-9-31-20)26-22(27)32-12-19(28)25-16-7-6-14(24)10-15(16)23/h2-10H,11-12H2,1H3,(H,25,28). The van der Waals surface area contributed by atoms with Crippen LogP contribution in [0.5, 0.6) is 5.75 Å². The minimum absolute atomic E-state index is 0.0122. The summed E-state index contributed by atoms with van der Waals surface area (Å²) in [6, 6.07) is 12.9. The van der Waals surface area contributed by atoms with Crippen LogP contribution < -0.4 is 15.6 Å². The highest BCUT2D eigenvalue weighted by Gasteiger charge is 2.16.